The summed E-state index contributed by atoms with van der Waals surface area (Å²) in [5.41, 5.74) is 7.50. The van der Waals surface area contributed by atoms with Gasteiger partial charge in [0.1, 0.15) is 6.61 Å². The number of nitrogens with two attached hydrogens (primary N) is 1. The molecule has 16 heavy (non-hydrogen) atoms. The van der Waals surface area contributed by atoms with E-state index in [1.807, 2.05) is 31.2 Å². The molecular weight excluding hydrogens is 228 g/mol. The SMILES string of the molecule is COCC(=O)Nc1ccc(C(C)N)cc1.Cl. The fourth-order valence-corrected chi connectivity index (χ4v) is 1.20. The van der Waals surface area contributed by atoms with Crippen molar-refractivity contribution < 1.29 is 9.53 Å². The summed E-state index contributed by atoms with van der Waals surface area (Å²) in [6.07, 6.45) is 0. The molecule has 0 fully saturated rings. The lowest BCUT2D eigenvalue weighted by Crippen LogP contribution is -2.17. The van der Waals surface area contributed by atoms with Crippen molar-refractivity contribution in [2.45, 2.75) is 13.0 Å². The molecule has 4 nitrogen and oxygen atoms in total. The van der Waals surface area contributed by atoms with Gasteiger partial charge in [-0.1, -0.05) is 12.1 Å². The number of halogens is 1. The van der Waals surface area contributed by atoms with Crippen LogP contribution in [0.5, 0.6) is 0 Å². The molecule has 1 rings (SSSR count). The molecule has 0 aliphatic carbocycles. The molecule has 90 valence electrons. The first-order chi connectivity index (χ1) is 7.13. The maximum atomic E-state index is 11.2. The van der Waals surface area contributed by atoms with Crippen LogP contribution in [0.2, 0.25) is 0 Å². The molecule has 1 aromatic carbocycles. The molecule has 0 radical (unpaired) electrons. The Balaban J connectivity index is 0.00000225. The van der Waals surface area contributed by atoms with Gasteiger partial charge < -0.3 is 15.8 Å². The van der Waals surface area contributed by atoms with Crippen molar-refractivity contribution in [3.63, 3.8) is 0 Å². The number of carbonyl (C=O) groups excluding carboxylic acids is 1. The molecule has 0 aliphatic rings. The second-order valence-electron chi connectivity index (χ2n) is 3.39. The first kappa shape index (κ1) is 14.9. The van der Waals surface area contributed by atoms with Crippen LogP contribution in [0, 0.1) is 0 Å². The van der Waals surface area contributed by atoms with Crippen LogP contribution < -0.4 is 11.1 Å². The summed E-state index contributed by atoms with van der Waals surface area (Å²) in [6, 6.07) is 7.45. The highest BCUT2D eigenvalue weighted by Gasteiger charge is 2.02. The minimum atomic E-state index is -0.161. The average molecular weight is 245 g/mol. The Morgan fingerprint density at radius 3 is 2.44 bits per heavy atom. The largest absolute Gasteiger partial charge is 0.375 e. The van der Waals surface area contributed by atoms with Gasteiger partial charge in [0.05, 0.1) is 0 Å². The van der Waals surface area contributed by atoms with E-state index in [0.717, 1.165) is 11.3 Å². The molecule has 0 bridgehead atoms. The van der Waals surface area contributed by atoms with Gasteiger partial charge in [0.2, 0.25) is 5.91 Å². The number of hydrogen-bond acceptors (Lipinski definition) is 3. The number of ether oxygens (including phenoxy) is 1. The number of rotatable bonds is 4. The molecule has 0 saturated carbocycles. The Kier molecular flexibility index (Phi) is 6.72. The highest BCUT2D eigenvalue weighted by molar-refractivity contribution is 5.91. The maximum Gasteiger partial charge on any atom is 0.250 e. The quantitative estimate of drug-likeness (QED) is 0.848. The molecular formula is C11H17ClN2O2. The standard InChI is InChI=1S/C11H16N2O2.ClH/c1-8(12)9-3-5-10(6-4-9)13-11(14)7-15-2;/h3-6,8H,7,12H2,1-2H3,(H,13,14);1H. The minimum absolute atomic E-state index is 0. The molecule has 0 aliphatic heterocycles. The molecule has 0 saturated heterocycles. The van der Waals surface area contributed by atoms with Gasteiger partial charge in [-0.2, -0.15) is 0 Å². The normalized spacial score (nSPS) is 11.4. The minimum Gasteiger partial charge on any atom is -0.375 e. The number of amides is 1. The van der Waals surface area contributed by atoms with Crippen molar-refractivity contribution in [3.05, 3.63) is 29.8 Å². The Labute approximate surface area is 102 Å². The van der Waals surface area contributed by atoms with Crippen molar-refractivity contribution in [3.8, 4) is 0 Å². The Morgan fingerprint density at radius 2 is 2.00 bits per heavy atom. The molecule has 1 unspecified atom stereocenters. The van der Waals surface area contributed by atoms with Gasteiger partial charge in [0.15, 0.2) is 0 Å². The Morgan fingerprint density at radius 1 is 1.44 bits per heavy atom. The fourth-order valence-electron chi connectivity index (χ4n) is 1.20. The van der Waals surface area contributed by atoms with E-state index in [1.54, 1.807) is 0 Å². The van der Waals surface area contributed by atoms with Gasteiger partial charge in [-0.15, -0.1) is 12.4 Å². The van der Waals surface area contributed by atoms with Crippen LogP contribution in [0.3, 0.4) is 0 Å². The van der Waals surface area contributed by atoms with Gasteiger partial charge in [-0.3, -0.25) is 4.79 Å². The smallest absolute Gasteiger partial charge is 0.250 e. The van der Waals surface area contributed by atoms with E-state index in [4.69, 9.17) is 10.5 Å². The second kappa shape index (κ2) is 7.22. The Hall–Kier alpha value is -1.10. The summed E-state index contributed by atoms with van der Waals surface area (Å²) < 4.78 is 4.71. The van der Waals surface area contributed by atoms with Gasteiger partial charge in [-0.25, -0.2) is 0 Å². The van der Waals surface area contributed by atoms with Crippen molar-refractivity contribution >= 4 is 24.0 Å². The number of methoxy groups -OCH3 is 1. The van der Waals surface area contributed by atoms with E-state index in [2.05, 4.69) is 5.32 Å². The molecule has 5 heteroatoms. The zero-order chi connectivity index (χ0) is 11.3. The van der Waals surface area contributed by atoms with Crippen molar-refractivity contribution in [1.82, 2.24) is 0 Å². The third-order valence-electron chi connectivity index (χ3n) is 2.00. The molecule has 1 amide bonds. The number of carbonyl (C=O) groups is 1. The van der Waals surface area contributed by atoms with Crippen molar-refractivity contribution in [2.24, 2.45) is 5.73 Å². The summed E-state index contributed by atoms with van der Waals surface area (Å²) in [4.78, 5) is 11.2. The van der Waals surface area contributed by atoms with Crippen LogP contribution >= 0.6 is 12.4 Å². The van der Waals surface area contributed by atoms with E-state index in [9.17, 15) is 4.79 Å². The third kappa shape index (κ3) is 4.61. The molecule has 0 heterocycles. The summed E-state index contributed by atoms with van der Waals surface area (Å²) in [6.45, 7) is 1.98. The van der Waals surface area contributed by atoms with E-state index >= 15 is 0 Å². The number of nitrogens with one attached hydrogen (secondary N) is 1. The van der Waals surface area contributed by atoms with Gasteiger partial charge >= 0.3 is 0 Å². The zero-order valence-electron chi connectivity index (χ0n) is 9.40. The second-order valence-corrected chi connectivity index (χ2v) is 3.39. The monoisotopic (exact) mass is 244 g/mol. The van der Waals surface area contributed by atoms with Gasteiger partial charge in [-0.05, 0) is 24.6 Å². The first-order valence-corrected chi connectivity index (χ1v) is 4.78. The maximum absolute atomic E-state index is 11.2. The highest BCUT2D eigenvalue weighted by Crippen LogP contribution is 2.13. The molecule has 3 N–H and O–H groups in total. The topological polar surface area (TPSA) is 64.3 Å². The van der Waals surface area contributed by atoms with E-state index in [1.165, 1.54) is 7.11 Å². The summed E-state index contributed by atoms with van der Waals surface area (Å²) in [5.74, 6) is -0.161. The zero-order valence-corrected chi connectivity index (χ0v) is 10.2. The summed E-state index contributed by atoms with van der Waals surface area (Å²) in [7, 11) is 1.48. The molecule has 1 atom stereocenters. The molecule has 0 spiro atoms. The number of benzene rings is 1. The molecule has 1 aromatic rings. The van der Waals surface area contributed by atoms with Gasteiger partial charge in [0.25, 0.3) is 0 Å². The van der Waals surface area contributed by atoms with E-state index < -0.39 is 0 Å². The van der Waals surface area contributed by atoms with Gasteiger partial charge in [0, 0.05) is 18.8 Å². The van der Waals surface area contributed by atoms with Crippen LogP contribution in [0.25, 0.3) is 0 Å². The fraction of sp³-hybridized carbons (Fsp3) is 0.364. The van der Waals surface area contributed by atoms with Crippen LogP contribution in [-0.4, -0.2) is 19.6 Å². The molecule has 0 aromatic heterocycles. The predicted octanol–water partition coefficient (Wildman–Crippen LogP) is 1.71. The first-order valence-electron chi connectivity index (χ1n) is 4.78. The highest BCUT2D eigenvalue weighted by atomic mass is 35.5. The lowest BCUT2D eigenvalue weighted by molar-refractivity contribution is -0.119. The van der Waals surface area contributed by atoms with Crippen LogP contribution in [0.15, 0.2) is 24.3 Å². The van der Waals surface area contributed by atoms with Crippen LogP contribution in [0.1, 0.15) is 18.5 Å². The summed E-state index contributed by atoms with van der Waals surface area (Å²) in [5, 5.41) is 2.70. The number of anilines is 1. The van der Waals surface area contributed by atoms with Crippen molar-refractivity contribution in [1.29, 1.82) is 0 Å². The average Bonchev–Trinajstić information content (AvgIpc) is 2.18. The Bertz CT molecular complexity index is 325. The van der Waals surface area contributed by atoms with Crippen LogP contribution in [0.4, 0.5) is 5.69 Å². The van der Waals surface area contributed by atoms with E-state index in [0.29, 0.717) is 0 Å². The lowest BCUT2D eigenvalue weighted by Gasteiger charge is -2.08. The third-order valence-corrected chi connectivity index (χ3v) is 2.00. The lowest BCUT2D eigenvalue weighted by atomic mass is 10.1. The predicted molar refractivity (Wildman–Crippen MR) is 66.8 cm³/mol. The van der Waals surface area contributed by atoms with Crippen molar-refractivity contribution in [2.75, 3.05) is 19.0 Å². The summed E-state index contributed by atoms with van der Waals surface area (Å²) >= 11 is 0. The number of hydrogen-bond donors (Lipinski definition) is 2. The van der Waals surface area contributed by atoms with Crippen LogP contribution in [-0.2, 0) is 9.53 Å². The van der Waals surface area contributed by atoms with E-state index in [-0.39, 0.29) is 31.0 Å².